The molecule has 25 heavy (non-hydrogen) atoms. The SMILES string of the molecule is C=CC1CN(Cc2ccccc2)CCC12C(=O)C=Cc1ccccc12. The zero-order valence-electron chi connectivity index (χ0n) is 14.4. The number of nitrogens with zero attached hydrogens (tertiary/aromatic N) is 1. The Bertz CT molecular complexity index is 823. The molecular formula is C23H23NO. The standard InChI is InChI=1S/C23H23NO/c1-2-20-17-24(16-18-8-4-3-5-9-18)15-14-23(20)21-11-7-6-10-19(21)12-13-22(23)25/h2-13,20H,1,14-17H2. The second kappa shape index (κ2) is 6.45. The molecule has 1 aliphatic heterocycles. The van der Waals surface area contributed by atoms with Crippen molar-refractivity contribution in [2.45, 2.75) is 18.4 Å². The Hall–Kier alpha value is -2.45. The molecule has 1 saturated heterocycles. The summed E-state index contributed by atoms with van der Waals surface area (Å²) in [5.41, 5.74) is 3.22. The molecule has 2 unspecified atom stereocenters. The number of benzene rings is 2. The average molecular weight is 329 g/mol. The first kappa shape index (κ1) is 16.0. The third-order valence-corrected chi connectivity index (χ3v) is 5.74. The topological polar surface area (TPSA) is 20.3 Å². The monoisotopic (exact) mass is 329 g/mol. The van der Waals surface area contributed by atoms with Gasteiger partial charge in [-0.2, -0.15) is 0 Å². The molecule has 2 aliphatic rings. The molecule has 1 fully saturated rings. The molecule has 2 atom stereocenters. The van der Waals surface area contributed by atoms with Gasteiger partial charge in [-0.15, -0.1) is 6.58 Å². The van der Waals surface area contributed by atoms with E-state index in [1.807, 2.05) is 30.4 Å². The van der Waals surface area contributed by atoms with Crippen molar-refractivity contribution in [2.75, 3.05) is 13.1 Å². The van der Waals surface area contributed by atoms with Gasteiger partial charge in [-0.3, -0.25) is 9.69 Å². The van der Waals surface area contributed by atoms with Crippen molar-refractivity contribution < 1.29 is 4.79 Å². The number of fused-ring (bicyclic) bond motifs is 2. The predicted octanol–water partition coefficient (Wildman–Crippen LogP) is 4.23. The van der Waals surface area contributed by atoms with E-state index < -0.39 is 5.41 Å². The predicted molar refractivity (Wildman–Crippen MR) is 102 cm³/mol. The third-order valence-electron chi connectivity index (χ3n) is 5.74. The number of carbonyl (C=O) groups excluding carboxylic acids is 1. The molecule has 0 N–H and O–H groups in total. The van der Waals surface area contributed by atoms with Crippen LogP contribution in [0.25, 0.3) is 6.08 Å². The van der Waals surface area contributed by atoms with E-state index in [1.54, 1.807) is 6.08 Å². The largest absolute Gasteiger partial charge is 0.298 e. The summed E-state index contributed by atoms with van der Waals surface area (Å²) in [6.45, 7) is 6.79. The van der Waals surface area contributed by atoms with Gasteiger partial charge in [0.25, 0.3) is 0 Å². The summed E-state index contributed by atoms with van der Waals surface area (Å²) >= 11 is 0. The first-order chi connectivity index (χ1) is 12.2. The lowest BCUT2D eigenvalue weighted by atomic mass is 9.60. The number of ketones is 1. The molecule has 2 nitrogen and oxygen atoms in total. The fourth-order valence-corrected chi connectivity index (χ4v) is 4.44. The van der Waals surface area contributed by atoms with E-state index in [1.165, 1.54) is 16.7 Å². The molecule has 0 saturated carbocycles. The molecule has 2 heteroatoms. The Morgan fingerprint density at radius 3 is 2.64 bits per heavy atom. The van der Waals surface area contributed by atoms with Gasteiger partial charge in [0, 0.05) is 19.0 Å². The van der Waals surface area contributed by atoms with Crippen LogP contribution in [0, 0.1) is 5.92 Å². The molecule has 126 valence electrons. The number of hydrogen-bond donors (Lipinski definition) is 0. The summed E-state index contributed by atoms with van der Waals surface area (Å²) in [6.07, 6.45) is 6.56. The molecule has 1 aliphatic carbocycles. The van der Waals surface area contributed by atoms with Crippen molar-refractivity contribution in [3.63, 3.8) is 0 Å². The summed E-state index contributed by atoms with van der Waals surface area (Å²) in [5.74, 6) is 0.360. The van der Waals surface area contributed by atoms with E-state index >= 15 is 0 Å². The summed E-state index contributed by atoms with van der Waals surface area (Å²) < 4.78 is 0. The van der Waals surface area contributed by atoms with Crippen LogP contribution in [-0.2, 0) is 16.8 Å². The lowest BCUT2D eigenvalue weighted by molar-refractivity contribution is -0.123. The zero-order valence-corrected chi connectivity index (χ0v) is 14.4. The number of rotatable bonds is 3. The summed E-state index contributed by atoms with van der Waals surface area (Å²) in [5, 5.41) is 0. The normalized spacial score (nSPS) is 25.8. The van der Waals surface area contributed by atoms with Crippen LogP contribution in [0.5, 0.6) is 0 Å². The second-order valence-corrected chi connectivity index (χ2v) is 7.07. The molecule has 1 spiro atoms. The quantitative estimate of drug-likeness (QED) is 0.786. The van der Waals surface area contributed by atoms with E-state index in [2.05, 4.69) is 47.9 Å². The minimum Gasteiger partial charge on any atom is -0.298 e. The van der Waals surface area contributed by atoms with Crippen molar-refractivity contribution in [1.29, 1.82) is 0 Å². The van der Waals surface area contributed by atoms with Crippen LogP contribution in [0.3, 0.4) is 0 Å². The summed E-state index contributed by atoms with van der Waals surface area (Å²) in [6, 6.07) is 18.9. The Morgan fingerprint density at radius 1 is 1.08 bits per heavy atom. The molecule has 2 aromatic rings. The van der Waals surface area contributed by atoms with Gasteiger partial charge in [0.1, 0.15) is 0 Å². The van der Waals surface area contributed by atoms with Crippen molar-refractivity contribution in [3.8, 4) is 0 Å². The third kappa shape index (κ3) is 2.67. The highest BCUT2D eigenvalue weighted by Crippen LogP contribution is 2.45. The first-order valence-corrected chi connectivity index (χ1v) is 8.95. The van der Waals surface area contributed by atoms with E-state index in [0.717, 1.165) is 26.1 Å². The number of likely N-dealkylation sites (tertiary alicyclic amines) is 1. The number of piperidine rings is 1. The van der Waals surface area contributed by atoms with Gasteiger partial charge in [-0.05, 0) is 35.7 Å². The van der Waals surface area contributed by atoms with E-state index in [9.17, 15) is 4.79 Å². The summed E-state index contributed by atoms with van der Waals surface area (Å²) in [7, 11) is 0. The van der Waals surface area contributed by atoms with Gasteiger partial charge in [0.2, 0.25) is 0 Å². The minimum atomic E-state index is -0.444. The highest BCUT2D eigenvalue weighted by molar-refractivity contribution is 6.05. The van der Waals surface area contributed by atoms with Gasteiger partial charge in [0.15, 0.2) is 5.78 Å². The van der Waals surface area contributed by atoms with Gasteiger partial charge in [0.05, 0.1) is 5.41 Å². The fourth-order valence-electron chi connectivity index (χ4n) is 4.44. The highest BCUT2D eigenvalue weighted by Gasteiger charge is 2.49. The average Bonchev–Trinajstić information content (AvgIpc) is 2.67. The Morgan fingerprint density at radius 2 is 1.84 bits per heavy atom. The number of carbonyl (C=O) groups is 1. The van der Waals surface area contributed by atoms with Crippen LogP contribution in [0.1, 0.15) is 23.1 Å². The molecule has 0 aromatic heterocycles. The summed E-state index contributed by atoms with van der Waals surface area (Å²) in [4.78, 5) is 15.5. The lowest BCUT2D eigenvalue weighted by Gasteiger charge is -2.47. The zero-order chi connectivity index (χ0) is 17.3. The van der Waals surface area contributed by atoms with Crippen molar-refractivity contribution in [2.24, 2.45) is 5.92 Å². The van der Waals surface area contributed by atoms with Crippen LogP contribution < -0.4 is 0 Å². The van der Waals surface area contributed by atoms with E-state index in [0.29, 0.717) is 0 Å². The Balaban J connectivity index is 1.65. The van der Waals surface area contributed by atoms with Gasteiger partial charge >= 0.3 is 0 Å². The molecular weight excluding hydrogens is 306 g/mol. The van der Waals surface area contributed by atoms with Gasteiger partial charge < -0.3 is 0 Å². The number of hydrogen-bond acceptors (Lipinski definition) is 2. The van der Waals surface area contributed by atoms with Crippen LogP contribution >= 0.6 is 0 Å². The van der Waals surface area contributed by atoms with Crippen molar-refractivity contribution >= 4 is 11.9 Å². The smallest absolute Gasteiger partial charge is 0.166 e. The fraction of sp³-hybridized carbons (Fsp3) is 0.261. The maximum Gasteiger partial charge on any atom is 0.166 e. The Kier molecular flexibility index (Phi) is 4.14. The lowest BCUT2D eigenvalue weighted by Crippen LogP contribution is -2.53. The van der Waals surface area contributed by atoms with Crippen LogP contribution in [0.4, 0.5) is 0 Å². The van der Waals surface area contributed by atoms with Gasteiger partial charge in [-0.25, -0.2) is 0 Å². The molecule has 0 amide bonds. The first-order valence-electron chi connectivity index (χ1n) is 8.95. The Labute approximate surface area is 149 Å². The van der Waals surface area contributed by atoms with E-state index in [4.69, 9.17) is 0 Å². The minimum absolute atomic E-state index is 0.128. The van der Waals surface area contributed by atoms with Crippen LogP contribution in [0.2, 0.25) is 0 Å². The molecule has 1 heterocycles. The highest BCUT2D eigenvalue weighted by atomic mass is 16.1. The molecule has 0 bridgehead atoms. The molecule has 4 rings (SSSR count). The molecule has 0 radical (unpaired) electrons. The maximum absolute atomic E-state index is 13.0. The van der Waals surface area contributed by atoms with Crippen molar-refractivity contribution in [3.05, 3.63) is 90.0 Å². The van der Waals surface area contributed by atoms with Crippen molar-refractivity contribution in [1.82, 2.24) is 4.90 Å². The van der Waals surface area contributed by atoms with Crippen LogP contribution in [-0.4, -0.2) is 23.8 Å². The molecule has 2 aromatic carbocycles. The van der Waals surface area contributed by atoms with Crippen LogP contribution in [0.15, 0.2) is 73.3 Å². The van der Waals surface area contributed by atoms with E-state index in [-0.39, 0.29) is 11.7 Å². The van der Waals surface area contributed by atoms with Gasteiger partial charge in [-0.1, -0.05) is 66.7 Å². The second-order valence-electron chi connectivity index (χ2n) is 7.07. The maximum atomic E-state index is 13.0. The number of allylic oxidation sites excluding steroid dienone is 1.